The van der Waals surface area contributed by atoms with E-state index in [1.54, 1.807) is 0 Å². The molecule has 0 aliphatic rings. The Balaban J connectivity index is 1.44. The first-order valence-electron chi connectivity index (χ1n) is 11.4. The third-order valence-electron chi connectivity index (χ3n) is 6.15. The van der Waals surface area contributed by atoms with Crippen LogP contribution in [-0.2, 0) is 0 Å². The van der Waals surface area contributed by atoms with Crippen LogP contribution in [0, 0.1) is 0 Å². The van der Waals surface area contributed by atoms with Gasteiger partial charge in [0, 0.05) is 17.3 Å². The number of hydrogen-bond acceptors (Lipinski definition) is 2. The topological polar surface area (TPSA) is 25.8 Å². The third kappa shape index (κ3) is 3.76. The van der Waals surface area contributed by atoms with Gasteiger partial charge in [0.2, 0.25) is 0 Å². The molecule has 4 aromatic carbocycles. The summed E-state index contributed by atoms with van der Waals surface area (Å²) in [5, 5.41) is 4.83. The Morgan fingerprint density at radius 2 is 1.21 bits per heavy atom. The molecule has 0 spiro atoms. The first-order valence-corrected chi connectivity index (χ1v) is 11.4. The molecule has 0 aliphatic heterocycles. The van der Waals surface area contributed by atoms with E-state index in [1.165, 1.54) is 21.5 Å². The molecule has 2 nitrogen and oxygen atoms in total. The molecular formula is C32H22N2. The number of rotatable bonds is 4. The molecular weight excluding hydrogens is 412 g/mol. The number of pyridine rings is 2. The van der Waals surface area contributed by atoms with Crippen molar-refractivity contribution in [3.8, 4) is 22.5 Å². The van der Waals surface area contributed by atoms with Crippen LogP contribution >= 0.6 is 0 Å². The van der Waals surface area contributed by atoms with Crippen LogP contribution in [0.3, 0.4) is 0 Å². The van der Waals surface area contributed by atoms with E-state index in [0.29, 0.717) is 0 Å². The minimum absolute atomic E-state index is 0.922. The highest BCUT2D eigenvalue weighted by Crippen LogP contribution is 2.32. The molecule has 0 unspecified atom stereocenters. The summed E-state index contributed by atoms with van der Waals surface area (Å²) in [6.07, 6.45) is 6.08. The Hall–Kier alpha value is -4.56. The van der Waals surface area contributed by atoms with E-state index in [1.807, 2.05) is 24.4 Å². The van der Waals surface area contributed by atoms with Crippen LogP contribution in [0.15, 0.2) is 121 Å². The van der Waals surface area contributed by atoms with Crippen LogP contribution in [0.4, 0.5) is 0 Å². The summed E-state index contributed by atoms with van der Waals surface area (Å²) in [7, 11) is 0. The van der Waals surface area contributed by atoms with E-state index in [0.717, 1.165) is 33.8 Å². The molecule has 0 bridgehead atoms. The molecule has 160 valence electrons. The van der Waals surface area contributed by atoms with Gasteiger partial charge in [-0.25, -0.2) is 4.98 Å². The molecule has 0 aliphatic carbocycles. The predicted octanol–water partition coefficient (Wildman–Crippen LogP) is 8.29. The fraction of sp³-hybridized carbons (Fsp3) is 0. The van der Waals surface area contributed by atoms with Gasteiger partial charge in [0.1, 0.15) is 0 Å². The number of aromatic nitrogens is 2. The zero-order valence-electron chi connectivity index (χ0n) is 18.6. The second-order valence-corrected chi connectivity index (χ2v) is 8.27. The molecule has 6 rings (SSSR count). The van der Waals surface area contributed by atoms with Crippen molar-refractivity contribution in [3.63, 3.8) is 0 Å². The molecule has 0 amide bonds. The van der Waals surface area contributed by atoms with Crippen molar-refractivity contribution in [1.82, 2.24) is 9.97 Å². The number of benzene rings is 4. The van der Waals surface area contributed by atoms with Crippen molar-refractivity contribution in [2.45, 2.75) is 0 Å². The van der Waals surface area contributed by atoms with Crippen molar-refractivity contribution in [3.05, 3.63) is 133 Å². The van der Waals surface area contributed by atoms with Gasteiger partial charge in [0.25, 0.3) is 0 Å². The van der Waals surface area contributed by atoms with E-state index >= 15 is 0 Å². The Kier molecular flexibility index (Phi) is 5.17. The molecule has 0 N–H and O–H groups in total. The van der Waals surface area contributed by atoms with E-state index < -0.39 is 0 Å². The Bertz CT molecular complexity index is 1640. The standard InChI is InChI=1S/C32H22N2/c1-3-13-27-23(9-1)11-7-15-29(27)30-17-8-12-26(34-30)21-20-25-19-18-24-10-2-4-14-28(24)32(25)31-16-5-6-22-33-31/h1-22H. The van der Waals surface area contributed by atoms with E-state index in [2.05, 4.69) is 114 Å². The number of hydrogen-bond donors (Lipinski definition) is 0. The molecule has 0 fully saturated rings. The second kappa shape index (κ2) is 8.76. The quantitative estimate of drug-likeness (QED) is 0.279. The highest BCUT2D eigenvalue weighted by molar-refractivity contribution is 6.01. The van der Waals surface area contributed by atoms with E-state index in [4.69, 9.17) is 4.98 Å². The Morgan fingerprint density at radius 3 is 2.06 bits per heavy atom. The van der Waals surface area contributed by atoms with Gasteiger partial charge in [-0.3, -0.25) is 4.98 Å². The lowest BCUT2D eigenvalue weighted by atomic mass is 9.95. The van der Waals surface area contributed by atoms with Gasteiger partial charge >= 0.3 is 0 Å². The van der Waals surface area contributed by atoms with Crippen molar-refractivity contribution in [2.24, 2.45) is 0 Å². The molecule has 0 radical (unpaired) electrons. The normalized spacial score (nSPS) is 11.4. The molecule has 2 aromatic heterocycles. The van der Waals surface area contributed by atoms with Crippen LogP contribution in [0.1, 0.15) is 11.3 Å². The minimum Gasteiger partial charge on any atom is -0.256 e. The fourth-order valence-corrected chi connectivity index (χ4v) is 4.54. The van der Waals surface area contributed by atoms with Gasteiger partial charge in [-0.05, 0) is 57.4 Å². The Labute approximate surface area is 198 Å². The van der Waals surface area contributed by atoms with Crippen molar-refractivity contribution in [1.29, 1.82) is 0 Å². The summed E-state index contributed by atoms with van der Waals surface area (Å²) in [6, 6.07) is 39.9. The van der Waals surface area contributed by atoms with Crippen LogP contribution in [0.25, 0.3) is 56.2 Å². The average molecular weight is 435 g/mol. The van der Waals surface area contributed by atoms with Crippen molar-refractivity contribution < 1.29 is 0 Å². The van der Waals surface area contributed by atoms with Gasteiger partial charge in [0.15, 0.2) is 0 Å². The molecule has 6 aromatic rings. The van der Waals surface area contributed by atoms with Gasteiger partial charge in [-0.15, -0.1) is 0 Å². The zero-order valence-corrected chi connectivity index (χ0v) is 18.6. The molecule has 0 atom stereocenters. The van der Waals surface area contributed by atoms with Gasteiger partial charge < -0.3 is 0 Å². The third-order valence-corrected chi connectivity index (χ3v) is 6.15. The first-order chi connectivity index (χ1) is 16.9. The maximum Gasteiger partial charge on any atom is 0.0715 e. The summed E-state index contributed by atoms with van der Waals surface area (Å²) in [5.74, 6) is 0. The number of nitrogens with zero attached hydrogens (tertiary/aromatic N) is 2. The summed E-state index contributed by atoms with van der Waals surface area (Å²) in [5.41, 5.74) is 6.27. The lowest BCUT2D eigenvalue weighted by Gasteiger charge is -2.10. The van der Waals surface area contributed by atoms with E-state index in [9.17, 15) is 0 Å². The van der Waals surface area contributed by atoms with Gasteiger partial charge in [0.05, 0.1) is 17.1 Å². The Morgan fingerprint density at radius 1 is 0.500 bits per heavy atom. The maximum absolute atomic E-state index is 4.97. The summed E-state index contributed by atoms with van der Waals surface area (Å²) < 4.78 is 0. The van der Waals surface area contributed by atoms with Crippen LogP contribution < -0.4 is 0 Å². The average Bonchev–Trinajstić information content (AvgIpc) is 2.92. The summed E-state index contributed by atoms with van der Waals surface area (Å²) in [6.45, 7) is 0. The van der Waals surface area contributed by atoms with E-state index in [-0.39, 0.29) is 0 Å². The predicted molar refractivity (Wildman–Crippen MR) is 143 cm³/mol. The monoisotopic (exact) mass is 434 g/mol. The molecule has 2 heterocycles. The zero-order chi connectivity index (χ0) is 22.7. The van der Waals surface area contributed by atoms with Gasteiger partial charge in [-0.1, -0.05) is 97.1 Å². The molecule has 0 saturated heterocycles. The largest absolute Gasteiger partial charge is 0.256 e. The first kappa shape index (κ1) is 20.1. The molecule has 2 heteroatoms. The van der Waals surface area contributed by atoms with Crippen molar-refractivity contribution in [2.75, 3.05) is 0 Å². The van der Waals surface area contributed by atoms with Crippen molar-refractivity contribution >= 4 is 33.7 Å². The minimum atomic E-state index is 0.922. The lowest BCUT2D eigenvalue weighted by Crippen LogP contribution is -1.90. The summed E-state index contributed by atoms with van der Waals surface area (Å²) in [4.78, 5) is 9.62. The highest BCUT2D eigenvalue weighted by Gasteiger charge is 2.10. The van der Waals surface area contributed by atoms with Crippen LogP contribution in [0.5, 0.6) is 0 Å². The van der Waals surface area contributed by atoms with Crippen LogP contribution in [0.2, 0.25) is 0 Å². The SMILES string of the molecule is C(=Cc1ccc2ccccc2c1-c1ccccn1)c1cccc(-c2cccc3ccccc23)n1. The highest BCUT2D eigenvalue weighted by atomic mass is 14.7. The maximum atomic E-state index is 4.97. The second-order valence-electron chi connectivity index (χ2n) is 8.27. The molecule has 0 saturated carbocycles. The number of fused-ring (bicyclic) bond motifs is 2. The van der Waals surface area contributed by atoms with Gasteiger partial charge in [-0.2, -0.15) is 0 Å². The molecule has 34 heavy (non-hydrogen) atoms. The van der Waals surface area contributed by atoms with Crippen LogP contribution in [-0.4, -0.2) is 9.97 Å². The smallest absolute Gasteiger partial charge is 0.0715 e. The lowest BCUT2D eigenvalue weighted by molar-refractivity contribution is 1.30. The fourth-order valence-electron chi connectivity index (χ4n) is 4.54. The summed E-state index contributed by atoms with van der Waals surface area (Å²) >= 11 is 0.